The first-order chi connectivity index (χ1) is 6.74. The lowest BCUT2D eigenvalue weighted by atomic mass is 9.93. The number of carbonyl (C=O) groups excluding carboxylic acids is 1. The average Bonchev–Trinajstić information content (AvgIpc) is 2.45. The predicted octanol–water partition coefficient (Wildman–Crippen LogP) is 1.85. The van der Waals surface area contributed by atoms with Crippen LogP contribution in [0.15, 0.2) is 0 Å². The minimum absolute atomic E-state index is 0.269. The molecule has 0 radical (unpaired) electrons. The summed E-state index contributed by atoms with van der Waals surface area (Å²) in [4.78, 5) is 11.1. The van der Waals surface area contributed by atoms with E-state index in [-0.39, 0.29) is 5.97 Å². The Morgan fingerprint density at radius 2 is 1.93 bits per heavy atom. The SMILES string of the molecule is COC(=O)[C@@H](N)CC1CCCCCC1. The number of carbonyl (C=O) groups is 1. The fourth-order valence-corrected chi connectivity index (χ4v) is 2.21. The minimum Gasteiger partial charge on any atom is -0.468 e. The summed E-state index contributed by atoms with van der Waals surface area (Å²) in [5.41, 5.74) is 5.74. The third-order valence-electron chi connectivity index (χ3n) is 3.07. The fourth-order valence-electron chi connectivity index (χ4n) is 2.21. The van der Waals surface area contributed by atoms with Gasteiger partial charge in [-0.2, -0.15) is 0 Å². The van der Waals surface area contributed by atoms with Crippen molar-refractivity contribution in [3.8, 4) is 0 Å². The lowest BCUT2D eigenvalue weighted by molar-refractivity contribution is -0.142. The summed E-state index contributed by atoms with van der Waals surface area (Å²) in [7, 11) is 1.40. The summed E-state index contributed by atoms with van der Waals surface area (Å²) in [6.45, 7) is 0. The Kier molecular flexibility index (Phi) is 4.94. The summed E-state index contributed by atoms with van der Waals surface area (Å²) < 4.78 is 4.62. The van der Waals surface area contributed by atoms with Crippen LogP contribution in [0.2, 0.25) is 0 Å². The number of nitrogens with two attached hydrogens (primary N) is 1. The van der Waals surface area contributed by atoms with Gasteiger partial charge in [0.1, 0.15) is 6.04 Å². The third-order valence-corrected chi connectivity index (χ3v) is 3.07. The predicted molar refractivity (Wildman–Crippen MR) is 55.8 cm³/mol. The Morgan fingerprint density at radius 1 is 1.36 bits per heavy atom. The van der Waals surface area contributed by atoms with Gasteiger partial charge in [-0.25, -0.2) is 0 Å². The molecular weight excluding hydrogens is 178 g/mol. The molecule has 1 aliphatic rings. The molecule has 0 aliphatic heterocycles. The van der Waals surface area contributed by atoms with E-state index in [1.54, 1.807) is 0 Å². The number of rotatable bonds is 3. The van der Waals surface area contributed by atoms with Gasteiger partial charge in [0.05, 0.1) is 7.11 Å². The van der Waals surface area contributed by atoms with Crippen molar-refractivity contribution < 1.29 is 9.53 Å². The molecule has 0 aromatic heterocycles. The number of methoxy groups -OCH3 is 1. The molecule has 1 rings (SSSR count). The summed E-state index contributed by atoms with van der Waals surface area (Å²) in [6, 6.07) is -0.414. The molecule has 0 saturated heterocycles. The zero-order valence-corrected chi connectivity index (χ0v) is 9.00. The van der Waals surface area contributed by atoms with Gasteiger partial charge < -0.3 is 10.5 Å². The Labute approximate surface area is 86.0 Å². The molecule has 1 atom stereocenters. The van der Waals surface area contributed by atoms with E-state index in [1.807, 2.05) is 0 Å². The second-order valence-corrected chi connectivity index (χ2v) is 4.22. The van der Waals surface area contributed by atoms with Gasteiger partial charge >= 0.3 is 5.97 Å². The monoisotopic (exact) mass is 199 g/mol. The first-order valence-corrected chi connectivity index (χ1v) is 5.57. The van der Waals surface area contributed by atoms with Crippen LogP contribution in [0.25, 0.3) is 0 Å². The maximum atomic E-state index is 11.1. The summed E-state index contributed by atoms with van der Waals surface area (Å²) in [5.74, 6) is 0.362. The number of hydrogen-bond donors (Lipinski definition) is 1. The van der Waals surface area contributed by atoms with Gasteiger partial charge in [0, 0.05) is 0 Å². The topological polar surface area (TPSA) is 52.3 Å². The van der Waals surface area contributed by atoms with Crippen molar-refractivity contribution in [3.05, 3.63) is 0 Å². The molecule has 82 valence electrons. The van der Waals surface area contributed by atoms with Gasteiger partial charge in [-0.05, 0) is 12.3 Å². The zero-order chi connectivity index (χ0) is 10.4. The first-order valence-electron chi connectivity index (χ1n) is 5.57. The van der Waals surface area contributed by atoms with Crippen molar-refractivity contribution in [1.82, 2.24) is 0 Å². The van der Waals surface area contributed by atoms with Crippen LogP contribution in [-0.4, -0.2) is 19.1 Å². The van der Waals surface area contributed by atoms with Crippen LogP contribution < -0.4 is 5.73 Å². The normalized spacial score (nSPS) is 21.3. The van der Waals surface area contributed by atoms with E-state index in [1.165, 1.54) is 45.6 Å². The molecule has 3 heteroatoms. The van der Waals surface area contributed by atoms with E-state index in [0.717, 1.165) is 6.42 Å². The number of ether oxygens (including phenoxy) is 1. The van der Waals surface area contributed by atoms with E-state index >= 15 is 0 Å². The van der Waals surface area contributed by atoms with E-state index in [2.05, 4.69) is 4.74 Å². The van der Waals surface area contributed by atoms with Crippen LogP contribution in [-0.2, 0) is 9.53 Å². The molecule has 0 bridgehead atoms. The van der Waals surface area contributed by atoms with E-state index in [9.17, 15) is 4.79 Å². The van der Waals surface area contributed by atoms with E-state index in [4.69, 9.17) is 5.73 Å². The Balaban J connectivity index is 2.30. The molecular formula is C11H21NO2. The van der Waals surface area contributed by atoms with Gasteiger partial charge in [-0.15, -0.1) is 0 Å². The molecule has 1 aliphatic carbocycles. The van der Waals surface area contributed by atoms with Crippen molar-refractivity contribution in [2.75, 3.05) is 7.11 Å². The highest BCUT2D eigenvalue weighted by Gasteiger charge is 2.20. The van der Waals surface area contributed by atoms with Crippen LogP contribution >= 0.6 is 0 Å². The number of esters is 1. The molecule has 0 spiro atoms. The Bertz CT molecular complexity index is 174. The molecule has 0 aromatic rings. The maximum Gasteiger partial charge on any atom is 0.322 e. The second-order valence-electron chi connectivity index (χ2n) is 4.22. The van der Waals surface area contributed by atoms with Gasteiger partial charge in [-0.3, -0.25) is 4.79 Å². The Morgan fingerprint density at radius 3 is 2.43 bits per heavy atom. The molecule has 0 heterocycles. The molecule has 1 saturated carbocycles. The Hall–Kier alpha value is -0.570. The van der Waals surface area contributed by atoms with Crippen LogP contribution in [0, 0.1) is 5.92 Å². The molecule has 14 heavy (non-hydrogen) atoms. The highest BCUT2D eigenvalue weighted by Crippen LogP contribution is 2.26. The van der Waals surface area contributed by atoms with Crippen LogP contribution in [0.3, 0.4) is 0 Å². The number of hydrogen-bond acceptors (Lipinski definition) is 3. The molecule has 0 aromatic carbocycles. The van der Waals surface area contributed by atoms with Crippen molar-refractivity contribution in [1.29, 1.82) is 0 Å². The largest absolute Gasteiger partial charge is 0.468 e. The van der Waals surface area contributed by atoms with Crippen molar-refractivity contribution in [2.24, 2.45) is 11.7 Å². The standard InChI is InChI=1S/C11H21NO2/c1-14-11(13)10(12)8-9-6-4-2-3-5-7-9/h9-10H,2-8,12H2,1H3/t10-/m0/s1. The first kappa shape index (κ1) is 11.5. The smallest absolute Gasteiger partial charge is 0.322 e. The van der Waals surface area contributed by atoms with E-state index < -0.39 is 6.04 Å². The van der Waals surface area contributed by atoms with Gasteiger partial charge in [-0.1, -0.05) is 38.5 Å². The maximum absolute atomic E-state index is 11.1. The molecule has 2 N–H and O–H groups in total. The lowest BCUT2D eigenvalue weighted by Crippen LogP contribution is -2.33. The van der Waals surface area contributed by atoms with Crippen molar-refractivity contribution in [2.45, 2.75) is 51.0 Å². The van der Waals surface area contributed by atoms with E-state index in [0.29, 0.717) is 5.92 Å². The fraction of sp³-hybridized carbons (Fsp3) is 0.909. The second kappa shape index (κ2) is 6.02. The van der Waals surface area contributed by atoms with Crippen molar-refractivity contribution >= 4 is 5.97 Å². The van der Waals surface area contributed by atoms with Crippen molar-refractivity contribution in [3.63, 3.8) is 0 Å². The zero-order valence-electron chi connectivity index (χ0n) is 9.00. The molecule has 0 unspecified atom stereocenters. The van der Waals surface area contributed by atoms with Crippen LogP contribution in [0.5, 0.6) is 0 Å². The molecule has 3 nitrogen and oxygen atoms in total. The third kappa shape index (κ3) is 3.66. The quantitative estimate of drug-likeness (QED) is 0.557. The minimum atomic E-state index is -0.414. The lowest BCUT2D eigenvalue weighted by Gasteiger charge is -2.17. The molecule has 0 amide bonds. The highest BCUT2D eigenvalue weighted by molar-refractivity contribution is 5.75. The van der Waals surface area contributed by atoms with Crippen LogP contribution in [0.1, 0.15) is 44.9 Å². The summed E-state index contributed by atoms with van der Waals surface area (Å²) in [6.07, 6.45) is 8.51. The van der Waals surface area contributed by atoms with Crippen LogP contribution in [0.4, 0.5) is 0 Å². The average molecular weight is 199 g/mol. The van der Waals surface area contributed by atoms with Gasteiger partial charge in [0.2, 0.25) is 0 Å². The highest BCUT2D eigenvalue weighted by atomic mass is 16.5. The molecule has 1 fully saturated rings. The summed E-state index contributed by atoms with van der Waals surface area (Å²) >= 11 is 0. The van der Waals surface area contributed by atoms with Gasteiger partial charge in [0.25, 0.3) is 0 Å². The summed E-state index contributed by atoms with van der Waals surface area (Å²) in [5, 5.41) is 0. The van der Waals surface area contributed by atoms with Gasteiger partial charge in [0.15, 0.2) is 0 Å².